The van der Waals surface area contributed by atoms with Gasteiger partial charge in [-0.2, -0.15) is 17.9 Å². The van der Waals surface area contributed by atoms with Crippen LogP contribution in [-0.2, 0) is 22.3 Å². The molecule has 1 aliphatic heterocycles. The van der Waals surface area contributed by atoms with Gasteiger partial charge < -0.3 is 9.47 Å². The number of hydrogen-bond donors (Lipinski definition) is 2. The Kier molecular flexibility index (Phi) is 5.88. The van der Waals surface area contributed by atoms with Crippen LogP contribution >= 0.6 is 0 Å². The number of halogens is 2. The number of carbonyl (C=O) groups excluding carboxylic acids is 1. The van der Waals surface area contributed by atoms with Gasteiger partial charge in [0.1, 0.15) is 0 Å². The number of carbonyl (C=O) groups is 1. The lowest BCUT2D eigenvalue weighted by Crippen LogP contribution is -2.57. The molecule has 0 radical (unpaired) electrons. The zero-order valence-corrected chi connectivity index (χ0v) is 19.6. The molecule has 15 heteroatoms. The average molecular weight is 519 g/mol. The minimum absolute atomic E-state index is 0.000343. The number of rotatable bonds is 7. The van der Waals surface area contributed by atoms with Crippen LogP contribution in [0, 0.1) is 11.6 Å². The van der Waals surface area contributed by atoms with Crippen molar-refractivity contribution in [2.45, 2.75) is 31.3 Å². The van der Waals surface area contributed by atoms with E-state index in [1.54, 1.807) is 6.07 Å². The van der Waals surface area contributed by atoms with Crippen molar-refractivity contribution < 1.29 is 31.5 Å². The summed E-state index contributed by atoms with van der Waals surface area (Å²) in [6, 6.07) is 4.10. The van der Waals surface area contributed by atoms with E-state index >= 15 is 8.78 Å². The van der Waals surface area contributed by atoms with E-state index in [9.17, 15) is 13.2 Å². The Morgan fingerprint density at radius 2 is 1.94 bits per heavy atom. The van der Waals surface area contributed by atoms with Crippen LogP contribution in [0.3, 0.4) is 0 Å². The lowest BCUT2D eigenvalue weighted by molar-refractivity contribution is -0.000316. The number of pyridine rings is 1. The molecule has 36 heavy (non-hydrogen) atoms. The highest BCUT2D eigenvalue weighted by Gasteiger charge is 2.53. The number of fused-ring (bicyclic) bond motifs is 2. The van der Waals surface area contributed by atoms with Crippen LogP contribution in [-0.4, -0.2) is 46.6 Å². The molecule has 3 heterocycles. The molecule has 2 N–H and O–H groups in total. The Bertz CT molecular complexity index is 1440. The fourth-order valence-electron chi connectivity index (χ4n) is 4.22. The topological polar surface area (TPSA) is 149 Å². The van der Waals surface area contributed by atoms with E-state index in [2.05, 4.69) is 20.2 Å². The summed E-state index contributed by atoms with van der Waals surface area (Å²) in [6.07, 6.45) is 4.72. The Hall–Kier alpha value is -3.98. The fraction of sp³-hybridized carbons (Fsp3) is 0.286. The van der Waals surface area contributed by atoms with E-state index in [1.165, 1.54) is 35.6 Å². The maximum atomic E-state index is 15.3. The highest BCUT2D eigenvalue weighted by molar-refractivity contribution is 7.90. The van der Waals surface area contributed by atoms with Gasteiger partial charge in [0.15, 0.2) is 23.1 Å². The standard InChI is InChI=1S/C21H19F2N7O5S/c1-24-36(32,33)29-18-15(22)12(5-8-25-18)11-30-20(31)35-17-13(21(30)6-2-7-21)3-4-14(16(17)23)34-19-26-9-10-27-28-19/h3-5,8-10,24H,2,6-7,11H2,1H3,(H,25,29). The molecule has 0 saturated heterocycles. The second-order valence-electron chi connectivity index (χ2n) is 8.06. The minimum Gasteiger partial charge on any atom is -0.420 e. The zero-order valence-electron chi connectivity index (χ0n) is 18.7. The Balaban J connectivity index is 1.48. The molecule has 0 bridgehead atoms. The van der Waals surface area contributed by atoms with Gasteiger partial charge in [-0.05, 0) is 37.5 Å². The summed E-state index contributed by atoms with van der Waals surface area (Å²) < 4.78 is 68.7. The number of hydrogen-bond acceptors (Lipinski definition) is 9. The molecule has 1 saturated carbocycles. The average Bonchev–Trinajstić information content (AvgIpc) is 2.83. The molecule has 3 aromatic rings. The normalized spacial score (nSPS) is 16.2. The first kappa shape index (κ1) is 23.7. The second-order valence-corrected chi connectivity index (χ2v) is 9.68. The fourth-order valence-corrected chi connectivity index (χ4v) is 4.72. The van der Waals surface area contributed by atoms with E-state index in [0.29, 0.717) is 18.4 Å². The Morgan fingerprint density at radius 1 is 1.14 bits per heavy atom. The van der Waals surface area contributed by atoms with Crippen LogP contribution in [0.2, 0.25) is 0 Å². The van der Waals surface area contributed by atoms with Gasteiger partial charge in [-0.25, -0.2) is 23.9 Å². The van der Waals surface area contributed by atoms with Gasteiger partial charge in [-0.1, -0.05) is 5.10 Å². The van der Waals surface area contributed by atoms with Crippen molar-refractivity contribution in [2.75, 3.05) is 11.8 Å². The molecule has 1 spiro atoms. The van der Waals surface area contributed by atoms with Crippen LogP contribution in [0.1, 0.15) is 30.4 Å². The highest BCUT2D eigenvalue weighted by atomic mass is 32.2. The first-order valence-electron chi connectivity index (χ1n) is 10.7. The third-order valence-corrected chi connectivity index (χ3v) is 7.13. The monoisotopic (exact) mass is 519 g/mol. The zero-order chi connectivity index (χ0) is 25.5. The molecule has 2 aliphatic rings. The van der Waals surface area contributed by atoms with Crippen molar-refractivity contribution in [3.63, 3.8) is 0 Å². The summed E-state index contributed by atoms with van der Waals surface area (Å²) in [6.45, 7) is -0.260. The Morgan fingerprint density at radius 3 is 2.61 bits per heavy atom. The van der Waals surface area contributed by atoms with Crippen LogP contribution < -0.4 is 18.9 Å². The van der Waals surface area contributed by atoms with Gasteiger partial charge in [0.2, 0.25) is 5.82 Å². The van der Waals surface area contributed by atoms with Gasteiger partial charge in [0.05, 0.1) is 24.5 Å². The summed E-state index contributed by atoms with van der Waals surface area (Å²) in [5, 5.41) is 7.26. The highest BCUT2D eigenvalue weighted by Crippen LogP contribution is 2.54. The SMILES string of the molecule is CNS(=O)(=O)Nc1nccc(CN2C(=O)Oc3c(ccc(Oc4nccnn4)c3F)C23CCC3)c1F. The van der Waals surface area contributed by atoms with Crippen LogP contribution in [0.15, 0.2) is 36.8 Å². The first-order chi connectivity index (χ1) is 17.2. The van der Waals surface area contributed by atoms with E-state index in [4.69, 9.17) is 9.47 Å². The summed E-state index contributed by atoms with van der Waals surface area (Å²) in [4.78, 5) is 21.9. The van der Waals surface area contributed by atoms with Crippen molar-refractivity contribution in [3.05, 3.63) is 59.6 Å². The van der Waals surface area contributed by atoms with E-state index < -0.39 is 39.3 Å². The quantitative estimate of drug-likeness (QED) is 0.480. The predicted molar refractivity (Wildman–Crippen MR) is 119 cm³/mol. The van der Waals surface area contributed by atoms with E-state index in [0.717, 1.165) is 13.5 Å². The van der Waals surface area contributed by atoms with Gasteiger partial charge in [-0.15, -0.1) is 0 Å². The molecule has 1 amide bonds. The summed E-state index contributed by atoms with van der Waals surface area (Å²) in [5.41, 5.74) is -0.523. The molecular weight excluding hydrogens is 500 g/mol. The molecule has 188 valence electrons. The van der Waals surface area contributed by atoms with Crippen LogP contribution in [0.4, 0.5) is 19.4 Å². The molecule has 5 rings (SSSR count). The Labute approximate surface area is 203 Å². The minimum atomic E-state index is -4.02. The maximum absolute atomic E-state index is 15.3. The summed E-state index contributed by atoms with van der Waals surface area (Å²) in [5.74, 6) is -2.91. The number of ether oxygens (including phenoxy) is 2. The van der Waals surface area contributed by atoms with Gasteiger partial charge in [0, 0.05) is 24.4 Å². The molecule has 2 aromatic heterocycles. The molecule has 0 atom stereocenters. The first-order valence-corrected chi connectivity index (χ1v) is 12.2. The van der Waals surface area contributed by atoms with E-state index in [1.807, 2.05) is 9.44 Å². The number of nitrogens with zero attached hydrogens (tertiary/aromatic N) is 5. The van der Waals surface area contributed by atoms with Gasteiger partial charge >= 0.3 is 12.1 Å². The van der Waals surface area contributed by atoms with Crippen LogP contribution in [0.25, 0.3) is 0 Å². The third kappa shape index (κ3) is 4.05. The number of amides is 1. The lowest BCUT2D eigenvalue weighted by atomic mass is 9.69. The molecule has 0 unspecified atom stereocenters. The van der Waals surface area contributed by atoms with Crippen LogP contribution in [0.5, 0.6) is 17.5 Å². The van der Waals surface area contributed by atoms with Crippen molar-refractivity contribution >= 4 is 22.1 Å². The summed E-state index contributed by atoms with van der Waals surface area (Å²) in [7, 11) is -2.86. The number of anilines is 1. The molecule has 1 aliphatic carbocycles. The van der Waals surface area contributed by atoms with Crippen molar-refractivity contribution in [2.24, 2.45) is 0 Å². The third-order valence-electron chi connectivity index (χ3n) is 6.13. The van der Waals surface area contributed by atoms with Gasteiger partial charge in [-0.3, -0.25) is 9.62 Å². The van der Waals surface area contributed by atoms with Crippen molar-refractivity contribution in [3.8, 4) is 17.5 Å². The summed E-state index contributed by atoms with van der Waals surface area (Å²) >= 11 is 0. The van der Waals surface area contributed by atoms with E-state index in [-0.39, 0.29) is 29.6 Å². The molecule has 12 nitrogen and oxygen atoms in total. The second kappa shape index (κ2) is 8.91. The molecular formula is C21H19F2N7O5S. The smallest absolute Gasteiger partial charge is 0.416 e. The number of benzene rings is 1. The largest absolute Gasteiger partial charge is 0.420 e. The molecule has 1 fully saturated rings. The number of nitrogens with one attached hydrogen (secondary N) is 2. The maximum Gasteiger partial charge on any atom is 0.416 e. The van der Waals surface area contributed by atoms with Crippen molar-refractivity contribution in [1.29, 1.82) is 0 Å². The van der Waals surface area contributed by atoms with Gasteiger partial charge in [0.25, 0.3) is 10.2 Å². The van der Waals surface area contributed by atoms with Crippen molar-refractivity contribution in [1.82, 2.24) is 29.8 Å². The molecule has 1 aromatic carbocycles. The predicted octanol–water partition coefficient (Wildman–Crippen LogP) is 2.61. The number of aromatic nitrogens is 4. The lowest BCUT2D eigenvalue weighted by Gasteiger charge is -2.52.